The Morgan fingerprint density at radius 1 is 1.23 bits per heavy atom. The lowest BCUT2D eigenvalue weighted by atomic mass is 10.2. The number of imidazole rings is 1. The number of carbonyl (C=O) groups is 1. The largest absolute Gasteiger partial charge is 0.416 e. The van der Waals surface area contributed by atoms with E-state index in [1.165, 1.54) is 6.07 Å². The number of nitrogens with zero attached hydrogens (tertiary/aromatic N) is 5. The summed E-state index contributed by atoms with van der Waals surface area (Å²) in [6.07, 6.45) is 1.59. The molecule has 160 valence electrons. The lowest BCUT2D eigenvalue weighted by Crippen LogP contribution is -2.13. The molecule has 0 atom stereocenters. The number of rotatable bonds is 5. The van der Waals surface area contributed by atoms with E-state index in [4.69, 9.17) is 0 Å². The van der Waals surface area contributed by atoms with Crippen LogP contribution in [0.2, 0.25) is 0 Å². The molecule has 1 aromatic carbocycles. The van der Waals surface area contributed by atoms with Crippen molar-refractivity contribution >= 4 is 33.7 Å². The van der Waals surface area contributed by atoms with Gasteiger partial charge in [-0.1, -0.05) is 0 Å². The number of halogens is 3. The summed E-state index contributed by atoms with van der Waals surface area (Å²) < 4.78 is 42.4. The van der Waals surface area contributed by atoms with Gasteiger partial charge in [-0.3, -0.25) is 9.48 Å². The van der Waals surface area contributed by atoms with E-state index in [2.05, 4.69) is 20.4 Å². The monoisotopic (exact) mass is 428 g/mol. The molecule has 4 aromatic rings. The van der Waals surface area contributed by atoms with Crippen LogP contribution in [-0.2, 0) is 24.6 Å². The van der Waals surface area contributed by atoms with E-state index in [-0.39, 0.29) is 18.0 Å². The summed E-state index contributed by atoms with van der Waals surface area (Å²) in [5.41, 5.74) is 0.815. The van der Waals surface area contributed by atoms with Crippen molar-refractivity contribution in [2.75, 3.05) is 5.32 Å². The Morgan fingerprint density at radius 3 is 2.77 bits per heavy atom. The van der Waals surface area contributed by atoms with Crippen LogP contribution in [0, 0.1) is 5.92 Å². The third-order valence-electron chi connectivity index (χ3n) is 5.51. The molecule has 1 fully saturated rings. The van der Waals surface area contributed by atoms with Gasteiger partial charge in [0.1, 0.15) is 11.6 Å². The highest BCUT2D eigenvalue weighted by atomic mass is 19.4. The van der Waals surface area contributed by atoms with Crippen molar-refractivity contribution in [3.8, 4) is 0 Å². The minimum Gasteiger partial charge on any atom is -0.330 e. The molecule has 1 aliphatic rings. The number of alkyl halides is 3. The summed E-state index contributed by atoms with van der Waals surface area (Å²) in [6.45, 7) is 0.261. The van der Waals surface area contributed by atoms with E-state index in [9.17, 15) is 18.0 Å². The van der Waals surface area contributed by atoms with Crippen LogP contribution in [0.1, 0.15) is 30.7 Å². The predicted octanol–water partition coefficient (Wildman–Crippen LogP) is 4.12. The van der Waals surface area contributed by atoms with Gasteiger partial charge in [-0.25, -0.2) is 9.97 Å². The number of amides is 1. The highest BCUT2D eigenvalue weighted by molar-refractivity contribution is 5.99. The Balaban J connectivity index is 1.43. The molecule has 1 N–H and O–H groups in total. The molecule has 0 aliphatic heterocycles. The molecule has 5 rings (SSSR count). The molecule has 3 aromatic heterocycles. The first-order valence-electron chi connectivity index (χ1n) is 9.92. The number of fused-ring (bicyclic) bond motifs is 2. The van der Waals surface area contributed by atoms with E-state index >= 15 is 0 Å². The Bertz CT molecular complexity index is 1300. The van der Waals surface area contributed by atoms with Crippen LogP contribution < -0.4 is 5.32 Å². The molecule has 0 bridgehead atoms. The van der Waals surface area contributed by atoms with E-state index in [1.54, 1.807) is 34.8 Å². The summed E-state index contributed by atoms with van der Waals surface area (Å²) in [5, 5.41) is 8.06. The molecule has 31 heavy (non-hydrogen) atoms. The minimum absolute atomic E-state index is 0.0638. The number of aryl methyl sites for hydroxylation is 1. The van der Waals surface area contributed by atoms with Gasteiger partial charge in [0.05, 0.1) is 34.0 Å². The Morgan fingerprint density at radius 2 is 2.03 bits per heavy atom. The normalized spacial score (nSPS) is 14.5. The summed E-state index contributed by atoms with van der Waals surface area (Å²) in [7, 11) is 1.76. The standard InChI is InChI=1S/C21H19F3N6O/c1-29-17-5-4-13(21(22,23)24)9-16(17)26-18(29)11-30-10-14-15(28-30)6-7-25-20(14)27-19(31)8-12-2-3-12/h4-7,9-10,12H,2-3,8,11H2,1H3,(H,25,27,31). The molecular formula is C21H19F3N6O. The fourth-order valence-electron chi connectivity index (χ4n) is 3.65. The van der Waals surface area contributed by atoms with E-state index in [0.717, 1.165) is 25.0 Å². The second kappa shape index (κ2) is 7.07. The number of hydrogen-bond acceptors (Lipinski definition) is 4. The topological polar surface area (TPSA) is 77.6 Å². The average molecular weight is 428 g/mol. The predicted molar refractivity (Wildman–Crippen MR) is 108 cm³/mol. The van der Waals surface area contributed by atoms with Gasteiger partial charge in [-0.15, -0.1) is 0 Å². The van der Waals surface area contributed by atoms with Gasteiger partial charge in [0.25, 0.3) is 0 Å². The molecule has 0 spiro atoms. The van der Waals surface area contributed by atoms with Crippen molar-refractivity contribution in [3.05, 3.63) is 48.0 Å². The van der Waals surface area contributed by atoms with Crippen LogP contribution >= 0.6 is 0 Å². The lowest BCUT2D eigenvalue weighted by molar-refractivity contribution is -0.137. The minimum atomic E-state index is -4.42. The van der Waals surface area contributed by atoms with Crippen LogP contribution in [-0.4, -0.2) is 30.2 Å². The van der Waals surface area contributed by atoms with Gasteiger partial charge in [0.15, 0.2) is 0 Å². The smallest absolute Gasteiger partial charge is 0.330 e. The Labute approximate surface area is 174 Å². The van der Waals surface area contributed by atoms with Crippen molar-refractivity contribution in [1.29, 1.82) is 0 Å². The zero-order chi connectivity index (χ0) is 21.8. The molecule has 10 heteroatoms. The first-order chi connectivity index (χ1) is 14.8. The molecule has 1 amide bonds. The number of aromatic nitrogens is 5. The maximum Gasteiger partial charge on any atom is 0.416 e. The number of hydrogen-bond donors (Lipinski definition) is 1. The van der Waals surface area contributed by atoms with Gasteiger partial charge in [-0.05, 0) is 43.0 Å². The number of anilines is 1. The fraction of sp³-hybridized carbons (Fsp3) is 0.333. The summed E-state index contributed by atoms with van der Waals surface area (Å²) in [5.74, 6) is 1.42. The number of pyridine rings is 1. The number of nitrogens with one attached hydrogen (secondary N) is 1. The van der Waals surface area contributed by atoms with Gasteiger partial charge in [0.2, 0.25) is 5.91 Å². The highest BCUT2D eigenvalue weighted by Gasteiger charge is 2.31. The van der Waals surface area contributed by atoms with Crippen molar-refractivity contribution in [2.24, 2.45) is 13.0 Å². The summed E-state index contributed by atoms with van der Waals surface area (Å²) >= 11 is 0. The SMILES string of the molecule is Cn1c(Cn2cc3c(NC(=O)CC4CC4)nccc3n2)nc2cc(C(F)(F)F)ccc21. The third-order valence-corrected chi connectivity index (χ3v) is 5.51. The molecule has 0 radical (unpaired) electrons. The zero-order valence-corrected chi connectivity index (χ0v) is 16.6. The first-order valence-corrected chi connectivity index (χ1v) is 9.92. The summed E-state index contributed by atoms with van der Waals surface area (Å²) in [6, 6.07) is 5.27. The average Bonchev–Trinajstić information content (AvgIpc) is 3.33. The maximum atomic E-state index is 13.0. The van der Waals surface area contributed by atoms with Gasteiger partial charge < -0.3 is 9.88 Å². The van der Waals surface area contributed by atoms with Crippen LogP contribution in [0.5, 0.6) is 0 Å². The van der Waals surface area contributed by atoms with Crippen LogP contribution in [0.25, 0.3) is 21.9 Å². The second-order valence-corrected chi connectivity index (χ2v) is 7.90. The van der Waals surface area contributed by atoms with Gasteiger partial charge >= 0.3 is 6.18 Å². The molecule has 0 saturated heterocycles. The van der Waals surface area contributed by atoms with Crippen LogP contribution in [0.4, 0.5) is 19.0 Å². The molecule has 1 saturated carbocycles. The van der Waals surface area contributed by atoms with Crippen molar-refractivity contribution in [3.63, 3.8) is 0 Å². The molecule has 3 heterocycles. The third kappa shape index (κ3) is 3.85. The van der Waals surface area contributed by atoms with E-state index in [0.29, 0.717) is 40.4 Å². The van der Waals surface area contributed by atoms with Crippen molar-refractivity contribution in [1.82, 2.24) is 24.3 Å². The second-order valence-electron chi connectivity index (χ2n) is 7.90. The van der Waals surface area contributed by atoms with Gasteiger partial charge in [0, 0.05) is 25.9 Å². The Hall–Kier alpha value is -3.43. The quantitative estimate of drug-likeness (QED) is 0.519. The maximum absolute atomic E-state index is 13.0. The fourth-order valence-corrected chi connectivity index (χ4v) is 3.65. The molecular weight excluding hydrogens is 409 g/mol. The highest BCUT2D eigenvalue weighted by Crippen LogP contribution is 2.33. The molecule has 0 unspecified atom stereocenters. The van der Waals surface area contributed by atoms with E-state index in [1.807, 2.05) is 0 Å². The molecule has 1 aliphatic carbocycles. The van der Waals surface area contributed by atoms with Crippen molar-refractivity contribution < 1.29 is 18.0 Å². The van der Waals surface area contributed by atoms with E-state index < -0.39 is 11.7 Å². The lowest BCUT2D eigenvalue weighted by Gasteiger charge is -2.06. The summed E-state index contributed by atoms with van der Waals surface area (Å²) in [4.78, 5) is 20.8. The number of benzene rings is 1. The van der Waals surface area contributed by atoms with Gasteiger partial charge in [-0.2, -0.15) is 18.3 Å². The Kier molecular flexibility index (Phi) is 4.45. The van der Waals surface area contributed by atoms with Crippen molar-refractivity contribution in [2.45, 2.75) is 32.0 Å². The zero-order valence-electron chi connectivity index (χ0n) is 16.6. The molecule has 7 nitrogen and oxygen atoms in total. The van der Waals surface area contributed by atoms with Crippen LogP contribution in [0.3, 0.4) is 0 Å². The number of carbonyl (C=O) groups excluding carboxylic acids is 1. The first kappa shape index (κ1) is 19.5. The van der Waals surface area contributed by atoms with Crippen LogP contribution in [0.15, 0.2) is 36.7 Å².